The Balaban J connectivity index is 0.00000176. The number of nitrogen functional groups attached to an aromatic ring is 1. The predicted octanol–water partition coefficient (Wildman–Crippen LogP) is 3.45. The lowest BCUT2D eigenvalue weighted by atomic mass is 9.93. The summed E-state index contributed by atoms with van der Waals surface area (Å²) < 4.78 is 5.88. The van der Waals surface area contributed by atoms with Crippen LogP contribution in [0.5, 0.6) is 5.75 Å². The largest absolute Gasteiger partial charge is 0.494 e. The topological polar surface area (TPSA) is 129 Å². The third-order valence-electron chi connectivity index (χ3n) is 6.57. The summed E-state index contributed by atoms with van der Waals surface area (Å²) in [5.74, 6) is 1.29. The van der Waals surface area contributed by atoms with Crippen molar-refractivity contribution in [3.63, 3.8) is 0 Å². The number of carbonyl (C=O) groups excluding carboxylic acids is 2. The summed E-state index contributed by atoms with van der Waals surface area (Å²) in [7, 11) is 1.00. The first kappa shape index (κ1) is 27.2. The van der Waals surface area contributed by atoms with Crippen molar-refractivity contribution in [1.82, 2.24) is 15.6 Å². The van der Waals surface area contributed by atoms with Crippen molar-refractivity contribution in [1.29, 1.82) is 0 Å². The van der Waals surface area contributed by atoms with Crippen molar-refractivity contribution in [2.45, 2.75) is 44.6 Å². The first-order valence-electron chi connectivity index (χ1n) is 12.6. The molecule has 0 radical (unpaired) electrons. The molecule has 0 aliphatic carbocycles. The first-order chi connectivity index (χ1) is 17.6. The number of aromatic nitrogens is 1. The fourth-order valence-electron chi connectivity index (χ4n) is 4.59. The summed E-state index contributed by atoms with van der Waals surface area (Å²) in [4.78, 5) is 27.4. The molecule has 8 nitrogen and oxygen atoms in total. The van der Waals surface area contributed by atoms with Gasteiger partial charge in [0.1, 0.15) is 17.7 Å². The number of aldehydes is 1. The molecule has 0 spiro atoms. The second-order valence-corrected chi connectivity index (χ2v) is 9.06. The number of aromatic amines is 1. The van der Waals surface area contributed by atoms with Gasteiger partial charge in [-0.1, -0.05) is 36.8 Å². The number of fused-ring (bicyclic) bond motifs is 1. The van der Waals surface area contributed by atoms with E-state index in [0.717, 1.165) is 61.0 Å². The van der Waals surface area contributed by atoms with Crippen molar-refractivity contribution in [3.8, 4) is 5.75 Å². The monoisotopic (exact) mass is 494 g/mol. The average molecular weight is 495 g/mol. The normalized spacial score (nSPS) is 14.5. The maximum Gasteiger partial charge on any atom is 0.270 e. The van der Waals surface area contributed by atoms with Crippen LogP contribution >= 0.6 is 0 Å². The molecule has 36 heavy (non-hydrogen) atoms. The summed E-state index contributed by atoms with van der Waals surface area (Å²) >= 11 is 0. The minimum absolute atomic E-state index is 0.275. The van der Waals surface area contributed by atoms with E-state index < -0.39 is 11.9 Å². The number of hydrogen-bond donors (Lipinski definition) is 5. The van der Waals surface area contributed by atoms with Crippen LogP contribution < -0.4 is 21.1 Å². The molecule has 1 amide bonds. The SMILES string of the molecule is CO.Nc1c(C(=O)NC(C=O)Cc2ccc(OCCCCC3CCNCC3)cc2)[nH]c2ccccc12. The van der Waals surface area contributed by atoms with Gasteiger partial charge in [-0.25, -0.2) is 0 Å². The van der Waals surface area contributed by atoms with Crippen LogP contribution in [0.1, 0.15) is 48.2 Å². The molecular formula is C28H38N4O4. The molecule has 194 valence electrons. The minimum atomic E-state index is -0.653. The van der Waals surface area contributed by atoms with Crippen molar-refractivity contribution in [2.75, 3.05) is 32.5 Å². The lowest BCUT2D eigenvalue weighted by Crippen LogP contribution is -2.38. The number of aliphatic hydroxyl groups is 1. The molecule has 1 aliphatic heterocycles. The maximum atomic E-state index is 12.7. The highest BCUT2D eigenvalue weighted by Crippen LogP contribution is 2.24. The Bertz CT molecular complexity index is 1090. The zero-order chi connectivity index (χ0) is 25.8. The molecule has 0 saturated carbocycles. The molecule has 8 heteroatoms. The van der Waals surface area contributed by atoms with E-state index in [4.69, 9.17) is 15.6 Å². The molecule has 1 saturated heterocycles. The Morgan fingerprint density at radius 2 is 1.86 bits per heavy atom. The standard InChI is InChI=1S/C27H34N4O3.CH4O/c28-25-23-6-1-2-7-24(23)31-26(25)27(33)30-21(18-32)17-20-8-10-22(11-9-20)34-16-4-3-5-19-12-14-29-15-13-19;1-2/h1-2,6-11,18-19,21,29,31H,3-5,12-17,28H2,(H,30,33);2H,1H3. The van der Waals surface area contributed by atoms with E-state index in [1.165, 1.54) is 25.7 Å². The van der Waals surface area contributed by atoms with E-state index in [2.05, 4.69) is 15.6 Å². The smallest absolute Gasteiger partial charge is 0.270 e. The van der Waals surface area contributed by atoms with Gasteiger partial charge in [-0.15, -0.1) is 0 Å². The summed E-state index contributed by atoms with van der Waals surface area (Å²) in [6.07, 6.45) is 7.27. The lowest BCUT2D eigenvalue weighted by molar-refractivity contribution is -0.109. The Morgan fingerprint density at radius 1 is 1.14 bits per heavy atom. The molecule has 2 aromatic carbocycles. The molecule has 1 aromatic heterocycles. The van der Waals surface area contributed by atoms with E-state index >= 15 is 0 Å². The van der Waals surface area contributed by atoms with Crippen molar-refractivity contribution in [3.05, 3.63) is 59.8 Å². The van der Waals surface area contributed by atoms with Gasteiger partial charge in [0.2, 0.25) is 0 Å². The van der Waals surface area contributed by atoms with Crippen LogP contribution in [0.15, 0.2) is 48.5 Å². The van der Waals surface area contributed by atoms with Crippen LogP contribution in [0, 0.1) is 5.92 Å². The number of anilines is 1. The molecule has 0 bridgehead atoms. The molecule has 1 atom stereocenters. The van der Waals surface area contributed by atoms with Gasteiger partial charge in [0.15, 0.2) is 0 Å². The number of nitrogens with one attached hydrogen (secondary N) is 3. The fourth-order valence-corrected chi connectivity index (χ4v) is 4.59. The number of rotatable bonds is 11. The molecule has 1 unspecified atom stereocenters. The maximum absolute atomic E-state index is 12.7. The van der Waals surface area contributed by atoms with Crippen LogP contribution in [-0.2, 0) is 11.2 Å². The Hall–Kier alpha value is -3.36. The number of nitrogens with two attached hydrogens (primary N) is 1. The van der Waals surface area contributed by atoms with Crippen LogP contribution in [0.25, 0.3) is 10.9 Å². The van der Waals surface area contributed by atoms with E-state index in [9.17, 15) is 9.59 Å². The second-order valence-electron chi connectivity index (χ2n) is 9.06. The molecule has 2 heterocycles. The molecule has 4 rings (SSSR count). The van der Waals surface area contributed by atoms with Gasteiger partial charge in [-0.2, -0.15) is 0 Å². The van der Waals surface area contributed by atoms with Gasteiger partial charge < -0.3 is 36.0 Å². The fraction of sp³-hybridized carbons (Fsp3) is 0.429. The van der Waals surface area contributed by atoms with Gasteiger partial charge in [-0.05, 0) is 74.9 Å². The molecular weight excluding hydrogens is 456 g/mol. The number of H-pyrrole nitrogens is 1. The number of carbonyl (C=O) groups is 2. The first-order valence-corrected chi connectivity index (χ1v) is 12.6. The summed E-state index contributed by atoms with van der Waals surface area (Å²) in [5.41, 5.74) is 8.52. The Morgan fingerprint density at radius 3 is 2.56 bits per heavy atom. The second kappa shape index (κ2) is 14.3. The van der Waals surface area contributed by atoms with Gasteiger partial charge in [-0.3, -0.25) is 4.79 Å². The Labute approximate surface area is 212 Å². The zero-order valence-corrected chi connectivity index (χ0v) is 21.0. The molecule has 6 N–H and O–H groups in total. The summed E-state index contributed by atoms with van der Waals surface area (Å²) in [6, 6.07) is 14.5. The number of hydrogen-bond acceptors (Lipinski definition) is 6. The highest BCUT2D eigenvalue weighted by Gasteiger charge is 2.19. The van der Waals surface area contributed by atoms with Crippen molar-refractivity contribution >= 4 is 28.8 Å². The van der Waals surface area contributed by atoms with E-state index in [-0.39, 0.29) is 5.69 Å². The van der Waals surface area contributed by atoms with E-state index in [1.807, 2.05) is 48.5 Å². The third kappa shape index (κ3) is 7.57. The van der Waals surface area contributed by atoms with Gasteiger partial charge in [0.25, 0.3) is 5.91 Å². The van der Waals surface area contributed by atoms with Crippen LogP contribution in [0.2, 0.25) is 0 Å². The zero-order valence-electron chi connectivity index (χ0n) is 21.0. The highest BCUT2D eigenvalue weighted by molar-refractivity contribution is 6.07. The van der Waals surface area contributed by atoms with Crippen molar-refractivity contribution < 1.29 is 19.4 Å². The number of ether oxygens (including phenoxy) is 1. The molecule has 1 fully saturated rings. The van der Waals surface area contributed by atoms with E-state index in [1.54, 1.807) is 0 Å². The van der Waals surface area contributed by atoms with E-state index in [0.29, 0.717) is 18.7 Å². The number of unbranched alkanes of at least 4 members (excludes halogenated alkanes) is 1. The lowest BCUT2D eigenvalue weighted by Gasteiger charge is -2.22. The van der Waals surface area contributed by atoms with Gasteiger partial charge in [0.05, 0.1) is 18.3 Å². The number of para-hydroxylation sites is 1. The van der Waals surface area contributed by atoms with Crippen LogP contribution in [0.3, 0.4) is 0 Å². The van der Waals surface area contributed by atoms with Crippen molar-refractivity contribution in [2.24, 2.45) is 5.92 Å². The highest BCUT2D eigenvalue weighted by atomic mass is 16.5. The van der Waals surface area contributed by atoms with Crippen LogP contribution in [-0.4, -0.2) is 55.1 Å². The average Bonchev–Trinajstić information content (AvgIpc) is 3.27. The number of piperidine rings is 1. The quantitative estimate of drug-likeness (QED) is 0.205. The predicted molar refractivity (Wildman–Crippen MR) is 143 cm³/mol. The number of benzene rings is 2. The molecule has 3 aromatic rings. The number of aliphatic hydroxyl groups excluding tert-OH is 1. The van der Waals surface area contributed by atoms with Gasteiger partial charge in [0, 0.05) is 18.0 Å². The number of amides is 1. The van der Waals surface area contributed by atoms with Crippen LogP contribution in [0.4, 0.5) is 5.69 Å². The molecule has 1 aliphatic rings. The summed E-state index contributed by atoms with van der Waals surface area (Å²) in [6.45, 7) is 3.02. The minimum Gasteiger partial charge on any atom is -0.494 e. The third-order valence-corrected chi connectivity index (χ3v) is 6.57. The summed E-state index contributed by atoms with van der Waals surface area (Å²) in [5, 5.41) is 14.0. The van der Waals surface area contributed by atoms with Gasteiger partial charge >= 0.3 is 0 Å². The Kier molecular flexibility index (Phi) is 10.8.